The molecule has 0 heterocycles. The first-order valence-corrected chi connectivity index (χ1v) is 8.06. The summed E-state index contributed by atoms with van der Waals surface area (Å²) in [6.45, 7) is 4.10. The third kappa shape index (κ3) is 3.38. The standard InChI is InChI=1S/C22H21NO/c1-16-4-8-18(9-5-16)22(24)19-10-14-21(15-11-19)23(3)20-12-6-17(2)7-13-20/h4-15H,1-3H3. The van der Waals surface area contributed by atoms with Gasteiger partial charge in [-0.2, -0.15) is 0 Å². The lowest BCUT2D eigenvalue weighted by atomic mass is 10.0. The number of hydrogen-bond donors (Lipinski definition) is 0. The van der Waals surface area contributed by atoms with Crippen LogP contribution in [0.25, 0.3) is 0 Å². The van der Waals surface area contributed by atoms with Crippen LogP contribution in [-0.2, 0) is 0 Å². The minimum absolute atomic E-state index is 0.0551. The molecular weight excluding hydrogens is 294 g/mol. The molecule has 0 saturated carbocycles. The van der Waals surface area contributed by atoms with E-state index in [1.54, 1.807) is 0 Å². The van der Waals surface area contributed by atoms with Gasteiger partial charge in [0, 0.05) is 29.5 Å². The minimum atomic E-state index is 0.0551. The number of hydrogen-bond acceptors (Lipinski definition) is 2. The van der Waals surface area contributed by atoms with Crippen LogP contribution in [0.15, 0.2) is 72.8 Å². The number of carbonyl (C=O) groups excluding carboxylic acids is 1. The third-order valence-corrected chi connectivity index (χ3v) is 4.25. The van der Waals surface area contributed by atoms with E-state index in [4.69, 9.17) is 0 Å². The van der Waals surface area contributed by atoms with Gasteiger partial charge < -0.3 is 4.90 Å². The normalized spacial score (nSPS) is 10.5. The van der Waals surface area contributed by atoms with Crippen molar-refractivity contribution in [2.75, 3.05) is 11.9 Å². The van der Waals surface area contributed by atoms with Crippen LogP contribution < -0.4 is 4.90 Å². The summed E-state index contributed by atoms with van der Waals surface area (Å²) in [5, 5.41) is 0. The Morgan fingerprint density at radius 3 is 1.42 bits per heavy atom. The first-order chi connectivity index (χ1) is 11.5. The second-order valence-corrected chi connectivity index (χ2v) is 6.14. The second kappa shape index (κ2) is 6.71. The average Bonchev–Trinajstić information content (AvgIpc) is 2.62. The zero-order valence-electron chi connectivity index (χ0n) is 14.3. The zero-order valence-corrected chi connectivity index (χ0v) is 14.3. The number of nitrogens with zero attached hydrogens (tertiary/aromatic N) is 1. The maximum absolute atomic E-state index is 12.5. The number of benzene rings is 3. The molecule has 0 aromatic heterocycles. The Balaban J connectivity index is 1.81. The summed E-state index contributed by atoms with van der Waals surface area (Å²) in [5.41, 5.74) is 6.01. The van der Waals surface area contributed by atoms with E-state index in [9.17, 15) is 4.79 Å². The molecule has 0 saturated heterocycles. The van der Waals surface area contributed by atoms with Gasteiger partial charge in [-0.05, 0) is 50.2 Å². The fourth-order valence-electron chi connectivity index (χ4n) is 2.63. The molecule has 0 aliphatic heterocycles. The van der Waals surface area contributed by atoms with Crippen LogP contribution in [0.3, 0.4) is 0 Å². The van der Waals surface area contributed by atoms with Crippen molar-refractivity contribution in [3.63, 3.8) is 0 Å². The lowest BCUT2D eigenvalue weighted by Crippen LogP contribution is -2.09. The highest BCUT2D eigenvalue weighted by Gasteiger charge is 2.10. The predicted molar refractivity (Wildman–Crippen MR) is 100 cm³/mol. The minimum Gasteiger partial charge on any atom is -0.345 e. The van der Waals surface area contributed by atoms with Crippen molar-refractivity contribution < 1.29 is 4.79 Å². The van der Waals surface area contributed by atoms with Crippen molar-refractivity contribution in [2.45, 2.75) is 13.8 Å². The number of anilines is 2. The van der Waals surface area contributed by atoms with Crippen LogP contribution in [0.5, 0.6) is 0 Å². The summed E-state index contributed by atoms with van der Waals surface area (Å²) in [6, 6.07) is 23.8. The van der Waals surface area contributed by atoms with Gasteiger partial charge in [-0.3, -0.25) is 4.79 Å². The van der Waals surface area contributed by atoms with E-state index in [2.05, 4.69) is 36.1 Å². The number of aryl methyl sites for hydroxylation is 2. The number of carbonyl (C=O) groups is 1. The molecule has 3 aromatic carbocycles. The summed E-state index contributed by atoms with van der Waals surface area (Å²) in [5.74, 6) is 0.0551. The van der Waals surface area contributed by atoms with Crippen molar-refractivity contribution in [2.24, 2.45) is 0 Å². The quantitative estimate of drug-likeness (QED) is 0.609. The van der Waals surface area contributed by atoms with E-state index < -0.39 is 0 Å². The van der Waals surface area contributed by atoms with Crippen molar-refractivity contribution in [3.8, 4) is 0 Å². The van der Waals surface area contributed by atoms with Gasteiger partial charge in [0.2, 0.25) is 0 Å². The van der Waals surface area contributed by atoms with Crippen molar-refractivity contribution in [1.29, 1.82) is 0 Å². The summed E-state index contributed by atoms with van der Waals surface area (Å²) in [4.78, 5) is 14.6. The van der Waals surface area contributed by atoms with Gasteiger partial charge in [-0.1, -0.05) is 47.5 Å². The molecule has 0 aliphatic carbocycles. The van der Waals surface area contributed by atoms with Crippen LogP contribution in [0.2, 0.25) is 0 Å². The second-order valence-electron chi connectivity index (χ2n) is 6.14. The fourth-order valence-corrected chi connectivity index (χ4v) is 2.63. The lowest BCUT2D eigenvalue weighted by Gasteiger charge is -2.20. The molecule has 0 fully saturated rings. The van der Waals surface area contributed by atoms with Crippen LogP contribution >= 0.6 is 0 Å². The zero-order chi connectivity index (χ0) is 17.1. The van der Waals surface area contributed by atoms with Gasteiger partial charge in [0.05, 0.1) is 0 Å². The van der Waals surface area contributed by atoms with E-state index >= 15 is 0 Å². The first-order valence-electron chi connectivity index (χ1n) is 8.06. The molecule has 0 spiro atoms. The van der Waals surface area contributed by atoms with Crippen molar-refractivity contribution >= 4 is 17.2 Å². The largest absolute Gasteiger partial charge is 0.345 e. The maximum atomic E-state index is 12.5. The molecule has 0 unspecified atom stereocenters. The van der Waals surface area contributed by atoms with Gasteiger partial charge in [0.25, 0.3) is 0 Å². The molecule has 3 aromatic rings. The molecule has 0 aliphatic rings. The van der Waals surface area contributed by atoms with Gasteiger partial charge in [-0.25, -0.2) is 0 Å². The Hall–Kier alpha value is -2.87. The summed E-state index contributed by atoms with van der Waals surface area (Å²) >= 11 is 0. The Morgan fingerprint density at radius 2 is 0.958 bits per heavy atom. The SMILES string of the molecule is Cc1ccc(C(=O)c2ccc(N(C)c3ccc(C)cc3)cc2)cc1. The Labute approximate surface area is 143 Å². The van der Waals surface area contributed by atoms with Gasteiger partial charge in [0.15, 0.2) is 5.78 Å². The molecule has 120 valence electrons. The third-order valence-electron chi connectivity index (χ3n) is 4.25. The van der Waals surface area contributed by atoms with Crippen LogP contribution in [0.1, 0.15) is 27.0 Å². The van der Waals surface area contributed by atoms with E-state index in [1.807, 2.05) is 62.5 Å². The van der Waals surface area contributed by atoms with E-state index in [-0.39, 0.29) is 5.78 Å². The molecule has 0 N–H and O–H groups in total. The fraction of sp³-hybridized carbons (Fsp3) is 0.136. The summed E-state index contributed by atoms with van der Waals surface area (Å²) in [7, 11) is 2.03. The Kier molecular flexibility index (Phi) is 4.48. The van der Waals surface area contributed by atoms with E-state index in [1.165, 1.54) is 5.56 Å². The Morgan fingerprint density at radius 1 is 0.625 bits per heavy atom. The highest BCUT2D eigenvalue weighted by Crippen LogP contribution is 2.24. The van der Waals surface area contributed by atoms with Gasteiger partial charge >= 0.3 is 0 Å². The van der Waals surface area contributed by atoms with E-state index in [0.717, 1.165) is 22.5 Å². The molecule has 0 atom stereocenters. The lowest BCUT2D eigenvalue weighted by molar-refractivity contribution is 0.103. The van der Waals surface area contributed by atoms with Gasteiger partial charge in [0.1, 0.15) is 0 Å². The molecule has 3 rings (SSSR count). The Bertz CT molecular complexity index is 831. The van der Waals surface area contributed by atoms with Crippen LogP contribution in [0, 0.1) is 13.8 Å². The highest BCUT2D eigenvalue weighted by molar-refractivity contribution is 6.09. The number of ketones is 1. The molecule has 2 heteroatoms. The molecular formula is C22H21NO. The molecule has 0 amide bonds. The smallest absolute Gasteiger partial charge is 0.193 e. The summed E-state index contributed by atoms with van der Waals surface area (Å²) < 4.78 is 0. The van der Waals surface area contributed by atoms with Crippen molar-refractivity contribution in [1.82, 2.24) is 0 Å². The topological polar surface area (TPSA) is 20.3 Å². The van der Waals surface area contributed by atoms with Crippen LogP contribution in [-0.4, -0.2) is 12.8 Å². The molecule has 0 bridgehead atoms. The summed E-state index contributed by atoms with van der Waals surface area (Å²) in [6.07, 6.45) is 0. The first kappa shape index (κ1) is 16.0. The maximum Gasteiger partial charge on any atom is 0.193 e. The van der Waals surface area contributed by atoms with Gasteiger partial charge in [-0.15, -0.1) is 0 Å². The average molecular weight is 315 g/mol. The van der Waals surface area contributed by atoms with E-state index in [0.29, 0.717) is 5.56 Å². The monoisotopic (exact) mass is 315 g/mol. The molecule has 2 nitrogen and oxygen atoms in total. The predicted octanol–water partition coefficient (Wildman–Crippen LogP) is 5.30. The van der Waals surface area contributed by atoms with Crippen molar-refractivity contribution in [3.05, 3.63) is 95.1 Å². The number of rotatable bonds is 4. The molecule has 0 radical (unpaired) electrons. The van der Waals surface area contributed by atoms with Crippen LogP contribution in [0.4, 0.5) is 11.4 Å². The highest BCUT2D eigenvalue weighted by atomic mass is 16.1. The molecule has 24 heavy (non-hydrogen) atoms.